The van der Waals surface area contributed by atoms with Gasteiger partial charge in [0.05, 0.1) is 25.9 Å². The van der Waals surface area contributed by atoms with Crippen molar-refractivity contribution in [3.8, 4) is 0 Å². The molecule has 1 aromatic heterocycles. The molecule has 16 heavy (non-hydrogen) atoms. The van der Waals surface area contributed by atoms with Crippen molar-refractivity contribution in [1.82, 2.24) is 4.98 Å². The lowest BCUT2D eigenvalue weighted by molar-refractivity contribution is 0.0143. The van der Waals surface area contributed by atoms with Gasteiger partial charge in [0, 0.05) is 18.8 Å². The van der Waals surface area contributed by atoms with Crippen LogP contribution in [0.25, 0.3) is 0 Å². The smallest absolute Gasteiger partial charge is 0.131 e. The predicted octanol–water partition coefficient (Wildman–Crippen LogP) is 2.06. The van der Waals surface area contributed by atoms with Crippen molar-refractivity contribution in [3.05, 3.63) is 23.9 Å². The lowest BCUT2D eigenvalue weighted by atomic mass is 10.3. The average molecular weight is 224 g/mol. The molecule has 90 valence electrons. The molecule has 4 heteroatoms. The van der Waals surface area contributed by atoms with Crippen LogP contribution in [0.1, 0.15) is 19.4 Å². The Balaban J connectivity index is 2.26. The van der Waals surface area contributed by atoms with Crippen LogP contribution in [0.5, 0.6) is 0 Å². The van der Waals surface area contributed by atoms with Crippen LogP contribution in [0.15, 0.2) is 18.3 Å². The first-order valence-corrected chi connectivity index (χ1v) is 5.55. The molecule has 1 aromatic rings. The minimum atomic E-state index is 0.259. The van der Waals surface area contributed by atoms with Crippen molar-refractivity contribution in [2.24, 2.45) is 0 Å². The van der Waals surface area contributed by atoms with Gasteiger partial charge in [-0.15, -0.1) is 0 Å². The van der Waals surface area contributed by atoms with Gasteiger partial charge >= 0.3 is 0 Å². The summed E-state index contributed by atoms with van der Waals surface area (Å²) in [6, 6.07) is 3.91. The fourth-order valence-corrected chi connectivity index (χ4v) is 1.31. The molecule has 1 heterocycles. The first kappa shape index (κ1) is 12.9. The molecule has 4 nitrogen and oxygen atoms in total. The highest BCUT2D eigenvalue weighted by Crippen LogP contribution is 2.11. The minimum Gasteiger partial charge on any atom is -0.376 e. The third-order valence-electron chi connectivity index (χ3n) is 2.06. The number of hydrogen-bond donors (Lipinski definition) is 1. The molecule has 0 saturated carbocycles. The van der Waals surface area contributed by atoms with E-state index in [1.165, 1.54) is 0 Å². The second kappa shape index (κ2) is 7.19. The molecule has 0 unspecified atom stereocenters. The van der Waals surface area contributed by atoms with Crippen LogP contribution in [0, 0.1) is 0 Å². The summed E-state index contributed by atoms with van der Waals surface area (Å²) in [5, 5.41) is 3.03. The molecule has 0 aliphatic carbocycles. The molecule has 0 bridgehead atoms. The molecule has 0 spiro atoms. The number of anilines is 1. The normalized spacial score (nSPS) is 10.8. The van der Waals surface area contributed by atoms with Crippen molar-refractivity contribution in [2.45, 2.75) is 26.6 Å². The van der Waals surface area contributed by atoms with Crippen LogP contribution >= 0.6 is 0 Å². The van der Waals surface area contributed by atoms with E-state index < -0.39 is 0 Å². The molecule has 0 aliphatic heterocycles. The predicted molar refractivity (Wildman–Crippen MR) is 64.5 cm³/mol. The Morgan fingerprint density at radius 2 is 2.19 bits per heavy atom. The van der Waals surface area contributed by atoms with Gasteiger partial charge in [-0.3, -0.25) is 0 Å². The summed E-state index contributed by atoms with van der Waals surface area (Å²) < 4.78 is 10.9. The molecule has 0 atom stereocenters. The van der Waals surface area contributed by atoms with Crippen LogP contribution in [0.2, 0.25) is 0 Å². The second-order valence-corrected chi connectivity index (χ2v) is 3.73. The summed E-state index contributed by atoms with van der Waals surface area (Å²) >= 11 is 0. The summed E-state index contributed by atoms with van der Waals surface area (Å²) in [6.45, 7) is 5.83. The fourth-order valence-electron chi connectivity index (χ4n) is 1.31. The van der Waals surface area contributed by atoms with Crippen molar-refractivity contribution in [1.29, 1.82) is 0 Å². The molecule has 0 fully saturated rings. The van der Waals surface area contributed by atoms with Gasteiger partial charge < -0.3 is 14.8 Å². The van der Waals surface area contributed by atoms with Gasteiger partial charge in [-0.2, -0.15) is 0 Å². The first-order chi connectivity index (χ1) is 7.74. The molecule has 1 rings (SSSR count). The molecule has 0 saturated heterocycles. The number of hydrogen-bond acceptors (Lipinski definition) is 4. The maximum Gasteiger partial charge on any atom is 0.131 e. The van der Waals surface area contributed by atoms with E-state index in [2.05, 4.69) is 10.3 Å². The summed E-state index contributed by atoms with van der Waals surface area (Å²) in [5.74, 6) is 0.868. The SMILES string of the molecule is CNc1ncccc1COCCOC(C)C. The van der Waals surface area contributed by atoms with Crippen LogP contribution < -0.4 is 5.32 Å². The Morgan fingerprint density at radius 3 is 2.88 bits per heavy atom. The maximum atomic E-state index is 5.51. The zero-order valence-corrected chi connectivity index (χ0v) is 10.2. The third kappa shape index (κ3) is 4.59. The van der Waals surface area contributed by atoms with Crippen molar-refractivity contribution >= 4 is 5.82 Å². The Morgan fingerprint density at radius 1 is 1.38 bits per heavy atom. The molecular formula is C12H20N2O2. The standard InChI is InChI=1S/C12H20N2O2/c1-10(2)16-8-7-15-9-11-5-4-6-14-12(11)13-3/h4-6,10H,7-9H2,1-3H3,(H,13,14). The molecule has 1 N–H and O–H groups in total. The van der Waals surface area contributed by atoms with Crippen LogP contribution in [0.4, 0.5) is 5.82 Å². The number of pyridine rings is 1. The first-order valence-electron chi connectivity index (χ1n) is 5.55. The van der Waals surface area contributed by atoms with Gasteiger partial charge in [0.25, 0.3) is 0 Å². The quantitative estimate of drug-likeness (QED) is 0.720. The average Bonchev–Trinajstić information content (AvgIpc) is 2.29. The number of nitrogens with one attached hydrogen (secondary N) is 1. The number of nitrogens with zero attached hydrogens (tertiary/aromatic N) is 1. The zero-order chi connectivity index (χ0) is 11.8. The maximum absolute atomic E-state index is 5.51. The highest BCUT2D eigenvalue weighted by molar-refractivity contribution is 5.42. The number of ether oxygens (including phenoxy) is 2. The van der Waals surface area contributed by atoms with Gasteiger partial charge in [0.15, 0.2) is 0 Å². The van der Waals surface area contributed by atoms with E-state index >= 15 is 0 Å². The topological polar surface area (TPSA) is 43.4 Å². The van der Waals surface area contributed by atoms with Crippen molar-refractivity contribution in [2.75, 3.05) is 25.6 Å². The van der Waals surface area contributed by atoms with Crippen LogP contribution in [0.3, 0.4) is 0 Å². The Labute approximate surface area is 97.0 Å². The van der Waals surface area contributed by atoms with Gasteiger partial charge in [-0.25, -0.2) is 4.98 Å². The van der Waals surface area contributed by atoms with E-state index in [-0.39, 0.29) is 6.10 Å². The van der Waals surface area contributed by atoms with E-state index in [0.717, 1.165) is 11.4 Å². The van der Waals surface area contributed by atoms with Crippen molar-refractivity contribution < 1.29 is 9.47 Å². The van der Waals surface area contributed by atoms with Gasteiger partial charge in [0.1, 0.15) is 5.82 Å². The molecule has 0 amide bonds. The third-order valence-corrected chi connectivity index (χ3v) is 2.06. The second-order valence-electron chi connectivity index (χ2n) is 3.73. The molecule has 0 aliphatic rings. The number of aromatic nitrogens is 1. The molecule has 0 aromatic carbocycles. The highest BCUT2D eigenvalue weighted by Gasteiger charge is 2.01. The Hall–Kier alpha value is -1.13. The lowest BCUT2D eigenvalue weighted by Gasteiger charge is -2.10. The van der Waals surface area contributed by atoms with E-state index in [1.54, 1.807) is 6.20 Å². The fraction of sp³-hybridized carbons (Fsp3) is 0.583. The van der Waals surface area contributed by atoms with E-state index in [9.17, 15) is 0 Å². The summed E-state index contributed by atoms with van der Waals surface area (Å²) in [5.41, 5.74) is 1.06. The van der Waals surface area contributed by atoms with Gasteiger partial charge in [-0.05, 0) is 19.9 Å². The van der Waals surface area contributed by atoms with Gasteiger partial charge in [-0.1, -0.05) is 6.07 Å². The van der Waals surface area contributed by atoms with Gasteiger partial charge in [0.2, 0.25) is 0 Å². The van der Waals surface area contributed by atoms with E-state index in [0.29, 0.717) is 19.8 Å². The van der Waals surface area contributed by atoms with E-state index in [4.69, 9.17) is 9.47 Å². The molecular weight excluding hydrogens is 204 g/mol. The minimum absolute atomic E-state index is 0.259. The van der Waals surface area contributed by atoms with Crippen molar-refractivity contribution in [3.63, 3.8) is 0 Å². The Kier molecular flexibility index (Phi) is 5.82. The Bertz CT molecular complexity index is 303. The highest BCUT2D eigenvalue weighted by atomic mass is 16.5. The number of rotatable bonds is 7. The lowest BCUT2D eigenvalue weighted by Crippen LogP contribution is -2.10. The van der Waals surface area contributed by atoms with Crippen LogP contribution in [-0.2, 0) is 16.1 Å². The summed E-state index contributed by atoms with van der Waals surface area (Å²) in [6.07, 6.45) is 2.02. The largest absolute Gasteiger partial charge is 0.376 e. The molecule has 0 radical (unpaired) electrons. The summed E-state index contributed by atoms with van der Waals surface area (Å²) in [7, 11) is 1.85. The summed E-state index contributed by atoms with van der Waals surface area (Å²) in [4.78, 5) is 4.20. The zero-order valence-electron chi connectivity index (χ0n) is 10.2. The van der Waals surface area contributed by atoms with Crippen LogP contribution in [-0.4, -0.2) is 31.3 Å². The van der Waals surface area contributed by atoms with E-state index in [1.807, 2.05) is 33.0 Å². The monoisotopic (exact) mass is 224 g/mol.